The maximum atomic E-state index is 9.42. The fraction of sp³-hybridized carbons (Fsp3) is 0. The van der Waals surface area contributed by atoms with Crippen molar-refractivity contribution in [3.63, 3.8) is 0 Å². The molecule has 0 saturated carbocycles. The molecule has 0 unspecified atom stereocenters. The van der Waals surface area contributed by atoms with Crippen molar-refractivity contribution < 1.29 is 5.11 Å². The molecule has 0 aliphatic carbocycles. The van der Waals surface area contributed by atoms with Gasteiger partial charge in [-0.15, -0.1) is 0 Å². The lowest BCUT2D eigenvalue weighted by molar-refractivity contribution is 0.472. The molecule has 0 aliphatic rings. The minimum atomic E-state index is 0.186. The molecule has 88 valence electrons. The number of halogens is 1. The molecular formula is C15H10BrNO. The monoisotopic (exact) mass is 299 g/mol. The average molecular weight is 300 g/mol. The largest absolute Gasteiger partial charge is 0.507 e. The van der Waals surface area contributed by atoms with Gasteiger partial charge in [-0.1, -0.05) is 36.4 Å². The minimum Gasteiger partial charge on any atom is -0.507 e. The van der Waals surface area contributed by atoms with Gasteiger partial charge in [0.25, 0.3) is 0 Å². The number of phenols is 1. The van der Waals surface area contributed by atoms with E-state index in [4.69, 9.17) is 0 Å². The first kappa shape index (κ1) is 12.4. The summed E-state index contributed by atoms with van der Waals surface area (Å²) in [6, 6.07) is 16.8. The molecule has 2 aromatic carbocycles. The highest BCUT2D eigenvalue weighted by Crippen LogP contribution is 2.26. The molecule has 0 spiro atoms. The Labute approximate surface area is 114 Å². The van der Waals surface area contributed by atoms with E-state index < -0.39 is 0 Å². The van der Waals surface area contributed by atoms with Crippen LogP contribution < -0.4 is 0 Å². The average Bonchev–Trinajstić information content (AvgIpc) is 2.41. The molecule has 0 bridgehead atoms. The number of benzene rings is 2. The highest BCUT2D eigenvalue weighted by Gasteiger charge is 2.02. The molecule has 0 heterocycles. The molecule has 0 saturated heterocycles. The van der Waals surface area contributed by atoms with Crippen LogP contribution in [0.1, 0.15) is 11.1 Å². The second-order valence-corrected chi connectivity index (χ2v) is 4.60. The Kier molecular flexibility index (Phi) is 3.81. The number of nitriles is 1. The van der Waals surface area contributed by atoms with Crippen LogP contribution in [-0.2, 0) is 0 Å². The molecule has 3 heteroatoms. The summed E-state index contributed by atoms with van der Waals surface area (Å²) in [5.74, 6) is 0.186. The molecular weight excluding hydrogens is 290 g/mol. The minimum absolute atomic E-state index is 0.186. The number of phenolic OH excluding ortho intramolecular Hbond substituents is 1. The fourth-order valence-corrected chi connectivity index (χ4v) is 1.97. The molecule has 2 rings (SSSR count). The molecule has 0 aromatic heterocycles. The van der Waals surface area contributed by atoms with Gasteiger partial charge in [-0.3, -0.25) is 0 Å². The lowest BCUT2D eigenvalue weighted by Crippen LogP contribution is -1.81. The summed E-state index contributed by atoms with van der Waals surface area (Å²) in [5, 5.41) is 18.6. The van der Waals surface area contributed by atoms with E-state index in [0.717, 1.165) is 11.1 Å². The topological polar surface area (TPSA) is 44.0 Å². The van der Waals surface area contributed by atoms with Crippen LogP contribution in [0.3, 0.4) is 0 Å². The summed E-state index contributed by atoms with van der Waals surface area (Å²) in [5.41, 5.74) is 2.33. The molecule has 0 radical (unpaired) electrons. The van der Waals surface area contributed by atoms with Crippen molar-refractivity contribution >= 4 is 27.6 Å². The van der Waals surface area contributed by atoms with Crippen LogP contribution in [0, 0.1) is 11.3 Å². The Bertz CT molecular complexity index is 627. The van der Waals surface area contributed by atoms with Crippen LogP contribution in [0.5, 0.6) is 5.75 Å². The molecule has 0 atom stereocenters. The molecule has 1 N–H and O–H groups in total. The van der Waals surface area contributed by atoms with E-state index in [1.807, 2.05) is 30.3 Å². The van der Waals surface area contributed by atoms with E-state index in [-0.39, 0.29) is 5.75 Å². The molecule has 2 aromatic rings. The summed E-state index contributed by atoms with van der Waals surface area (Å²) in [6.45, 7) is 0. The number of hydrogen-bond donors (Lipinski definition) is 1. The first-order valence-electron chi connectivity index (χ1n) is 5.36. The summed E-state index contributed by atoms with van der Waals surface area (Å²) in [4.78, 5) is 0. The van der Waals surface area contributed by atoms with E-state index in [9.17, 15) is 10.4 Å². The van der Waals surface area contributed by atoms with Crippen LogP contribution in [0.25, 0.3) is 11.6 Å². The molecule has 0 fully saturated rings. The zero-order chi connectivity index (χ0) is 13.0. The van der Waals surface area contributed by atoms with Crippen molar-refractivity contribution in [1.82, 2.24) is 0 Å². The highest BCUT2D eigenvalue weighted by atomic mass is 79.9. The Morgan fingerprint density at radius 1 is 1.17 bits per heavy atom. The normalized spacial score (nSPS) is 11.0. The van der Waals surface area contributed by atoms with Crippen LogP contribution in [0.4, 0.5) is 0 Å². The Morgan fingerprint density at radius 3 is 2.50 bits per heavy atom. The number of aromatic hydroxyl groups is 1. The lowest BCUT2D eigenvalue weighted by atomic mass is 10.0. The van der Waals surface area contributed by atoms with Gasteiger partial charge in [-0.05, 0) is 45.3 Å². The first-order chi connectivity index (χ1) is 8.70. The first-order valence-corrected chi connectivity index (χ1v) is 6.16. The third-order valence-corrected chi connectivity index (χ3v) is 3.12. The third-order valence-electron chi connectivity index (χ3n) is 2.49. The standard InChI is InChI=1S/C15H10BrNO/c16-14-9-11(6-7-15(14)18)8-13(10-17)12-4-2-1-3-5-12/h1-9,18H/b13-8+. The maximum Gasteiger partial charge on any atom is 0.129 e. The van der Waals surface area contributed by atoms with Crippen LogP contribution in [0.15, 0.2) is 53.0 Å². The zero-order valence-electron chi connectivity index (χ0n) is 9.47. The molecule has 0 amide bonds. The van der Waals surface area contributed by atoms with E-state index in [0.29, 0.717) is 10.0 Å². The SMILES string of the molecule is N#C/C(=C\c1ccc(O)c(Br)c1)c1ccccc1. The van der Waals surface area contributed by atoms with Crippen LogP contribution in [0.2, 0.25) is 0 Å². The van der Waals surface area contributed by atoms with E-state index >= 15 is 0 Å². The van der Waals surface area contributed by atoms with Crippen molar-refractivity contribution in [2.45, 2.75) is 0 Å². The van der Waals surface area contributed by atoms with Gasteiger partial charge < -0.3 is 5.11 Å². The zero-order valence-corrected chi connectivity index (χ0v) is 11.1. The van der Waals surface area contributed by atoms with E-state index in [1.54, 1.807) is 24.3 Å². The quantitative estimate of drug-likeness (QED) is 0.666. The number of hydrogen-bond acceptors (Lipinski definition) is 2. The van der Waals surface area contributed by atoms with Crippen molar-refractivity contribution in [3.05, 3.63) is 64.1 Å². The Balaban J connectivity index is 2.42. The lowest BCUT2D eigenvalue weighted by Gasteiger charge is -2.01. The van der Waals surface area contributed by atoms with Gasteiger partial charge in [0.2, 0.25) is 0 Å². The fourth-order valence-electron chi connectivity index (χ4n) is 1.58. The van der Waals surface area contributed by atoms with Crippen molar-refractivity contribution in [1.29, 1.82) is 5.26 Å². The number of rotatable bonds is 2. The van der Waals surface area contributed by atoms with Gasteiger partial charge in [0.1, 0.15) is 5.75 Å². The van der Waals surface area contributed by atoms with Gasteiger partial charge in [-0.25, -0.2) is 0 Å². The van der Waals surface area contributed by atoms with Crippen molar-refractivity contribution in [2.75, 3.05) is 0 Å². The number of allylic oxidation sites excluding steroid dienone is 1. The van der Waals surface area contributed by atoms with Crippen LogP contribution in [-0.4, -0.2) is 5.11 Å². The maximum absolute atomic E-state index is 9.42. The summed E-state index contributed by atoms with van der Waals surface area (Å²) in [6.07, 6.45) is 1.79. The summed E-state index contributed by atoms with van der Waals surface area (Å²) >= 11 is 3.25. The Morgan fingerprint density at radius 2 is 1.89 bits per heavy atom. The van der Waals surface area contributed by atoms with E-state index in [2.05, 4.69) is 22.0 Å². The second-order valence-electron chi connectivity index (χ2n) is 3.75. The number of nitrogens with zero attached hydrogens (tertiary/aromatic N) is 1. The Hall–Kier alpha value is -2.05. The predicted octanol–water partition coefficient (Wildman–Crippen LogP) is 4.22. The third kappa shape index (κ3) is 2.79. The van der Waals surface area contributed by atoms with Gasteiger partial charge in [0.15, 0.2) is 0 Å². The van der Waals surface area contributed by atoms with Gasteiger partial charge in [0, 0.05) is 0 Å². The molecule has 2 nitrogen and oxygen atoms in total. The van der Waals surface area contributed by atoms with Crippen LogP contribution >= 0.6 is 15.9 Å². The summed E-state index contributed by atoms with van der Waals surface area (Å²) < 4.78 is 0.613. The molecule has 18 heavy (non-hydrogen) atoms. The van der Waals surface area contributed by atoms with Crippen molar-refractivity contribution in [2.24, 2.45) is 0 Å². The smallest absolute Gasteiger partial charge is 0.129 e. The highest BCUT2D eigenvalue weighted by molar-refractivity contribution is 9.10. The van der Waals surface area contributed by atoms with Gasteiger partial charge >= 0.3 is 0 Å². The van der Waals surface area contributed by atoms with Gasteiger partial charge in [0.05, 0.1) is 16.1 Å². The van der Waals surface area contributed by atoms with Crippen molar-refractivity contribution in [3.8, 4) is 11.8 Å². The second kappa shape index (κ2) is 5.52. The predicted molar refractivity (Wildman–Crippen MR) is 75.7 cm³/mol. The summed E-state index contributed by atoms with van der Waals surface area (Å²) in [7, 11) is 0. The molecule has 0 aliphatic heterocycles. The van der Waals surface area contributed by atoms with Gasteiger partial charge in [-0.2, -0.15) is 5.26 Å². The van der Waals surface area contributed by atoms with E-state index in [1.165, 1.54) is 0 Å².